The molecule has 2 amide bonds. The minimum Gasteiger partial charge on any atom is -0.368 e. The predicted molar refractivity (Wildman–Crippen MR) is 106 cm³/mol. The van der Waals surface area contributed by atoms with Crippen molar-refractivity contribution in [2.75, 3.05) is 37.6 Å². The molecule has 1 aliphatic heterocycles. The Morgan fingerprint density at radius 3 is 2.24 bits per heavy atom. The number of nitrogens with zero attached hydrogens (tertiary/aromatic N) is 2. The third kappa shape index (κ3) is 7.69. The molecule has 1 atom stereocenters. The third-order valence-electron chi connectivity index (χ3n) is 3.77. The van der Waals surface area contributed by atoms with Gasteiger partial charge < -0.3 is 20.9 Å². The van der Waals surface area contributed by atoms with Gasteiger partial charge in [-0.3, -0.25) is 9.59 Å². The van der Waals surface area contributed by atoms with Crippen molar-refractivity contribution in [2.45, 2.75) is 19.4 Å². The van der Waals surface area contributed by atoms with E-state index in [0.29, 0.717) is 18.1 Å². The van der Waals surface area contributed by atoms with Gasteiger partial charge in [0, 0.05) is 49.4 Å². The Labute approximate surface area is 165 Å². The number of halogens is 3. The summed E-state index contributed by atoms with van der Waals surface area (Å²) in [6.45, 7) is 4.61. The second-order valence-corrected chi connectivity index (χ2v) is 6.24. The van der Waals surface area contributed by atoms with E-state index in [1.54, 1.807) is 11.8 Å². The van der Waals surface area contributed by atoms with Gasteiger partial charge in [0.15, 0.2) is 0 Å². The van der Waals surface area contributed by atoms with E-state index < -0.39 is 0 Å². The SMILES string of the molecule is CC(N)CC(=O)NCC(=O)N1CCN(c2ccc(Cl)cc2)CC1.Cl.Cl. The summed E-state index contributed by atoms with van der Waals surface area (Å²) in [7, 11) is 0. The zero-order chi connectivity index (χ0) is 16.8. The Bertz CT molecular complexity index is 547. The number of nitrogens with one attached hydrogen (secondary N) is 1. The van der Waals surface area contributed by atoms with Crippen LogP contribution < -0.4 is 16.0 Å². The van der Waals surface area contributed by atoms with Crippen LogP contribution in [0.5, 0.6) is 0 Å². The molecule has 6 nitrogen and oxygen atoms in total. The van der Waals surface area contributed by atoms with E-state index in [9.17, 15) is 9.59 Å². The fraction of sp³-hybridized carbons (Fsp3) is 0.500. The smallest absolute Gasteiger partial charge is 0.242 e. The number of benzene rings is 1. The van der Waals surface area contributed by atoms with E-state index in [4.69, 9.17) is 17.3 Å². The summed E-state index contributed by atoms with van der Waals surface area (Å²) >= 11 is 5.89. The maximum Gasteiger partial charge on any atom is 0.242 e. The lowest BCUT2D eigenvalue weighted by Gasteiger charge is -2.36. The molecule has 1 saturated heterocycles. The molecule has 1 heterocycles. The third-order valence-corrected chi connectivity index (χ3v) is 4.02. The number of carbonyl (C=O) groups excluding carboxylic acids is 2. The molecule has 0 aromatic heterocycles. The largest absolute Gasteiger partial charge is 0.368 e. The van der Waals surface area contributed by atoms with Gasteiger partial charge in [-0.15, -0.1) is 24.8 Å². The van der Waals surface area contributed by atoms with Gasteiger partial charge >= 0.3 is 0 Å². The van der Waals surface area contributed by atoms with E-state index in [1.807, 2.05) is 24.3 Å². The molecule has 25 heavy (non-hydrogen) atoms. The van der Waals surface area contributed by atoms with Crippen molar-refractivity contribution in [3.63, 3.8) is 0 Å². The summed E-state index contributed by atoms with van der Waals surface area (Å²) in [6, 6.07) is 7.49. The van der Waals surface area contributed by atoms with Crippen LogP contribution in [-0.4, -0.2) is 55.5 Å². The first kappa shape index (κ1) is 23.8. The maximum absolute atomic E-state index is 12.1. The highest BCUT2D eigenvalue weighted by Gasteiger charge is 2.21. The lowest BCUT2D eigenvalue weighted by atomic mass is 10.2. The highest BCUT2D eigenvalue weighted by atomic mass is 35.5. The lowest BCUT2D eigenvalue weighted by Crippen LogP contribution is -2.51. The molecular formula is C16H25Cl3N4O2. The quantitative estimate of drug-likeness (QED) is 0.773. The first-order chi connectivity index (χ1) is 11.0. The van der Waals surface area contributed by atoms with Crippen molar-refractivity contribution in [3.8, 4) is 0 Å². The monoisotopic (exact) mass is 410 g/mol. The highest BCUT2D eigenvalue weighted by molar-refractivity contribution is 6.30. The summed E-state index contributed by atoms with van der Waals surface area (Å²) < 4.78 is 0. The van der Waals surface area contributed by atoms with Gasteiger partial charge in [-0.1, -0.05) is 11.6 Å². The van der Waals surface area contributed by atoms with Crippen LogP contribution in [0.4, 0.5) is 5.69 Å². The molecule has 0 saturated carbocycles. The van der Waals surface area contributed by atoms with Crippen LogP contribution in [0.1, 0.15) is 13.3 Å². The minimum atomic E-state index is -0.201. The number of anilines is 1. The van der Waals surface area contributed by atoms with Crippen molar-refractivity contribution in [1.82, 2.24) is 10.2 Å². The normalized spacial score (nSPS) is 14.8. The minimum absolute atomic E-state index is 0. The molecule has 0 bridgehead atoms. The summed E-state index contributed by atoms with van der Waals surface area (Å²) in [5, 5.41) is 3.33. The average Bonchev–Trinajstić information content (AvgIpc) is 2.53. The number of piperazine rings is 1. The number of amides is 2. The van der Waals surface area contributed by atoms with E-state index in [2.05, 4.69) is 10.2 Å². The fourth-order valence-corrected chi connectivity index (χ4v) is 2.64. The molecule has 0 radical (unpaired) electrons. The molecule has 2 rings (SSSR count). The van der Waals surface area contributed by atoms with Crippen LogP contribution in [0.3, 0.4) is 0 Å². The summed E-state index contributed by atoms with van der Waals surface area (Å²) in [5.74, 6) is -0.244. The molecule has 3 N–H and O–H groups in total. The molecule has 1 aromatic carbocycles. The number of hydrogen-bond acceptors (Lipinski definition) is 4. The van der Waals surface area contributed by atoms with Gasteiger partial charge in [0.05, 0.1) is 6.54 Å². The zero-order valence-corrected chi connectivity index (χ0v) is 16.5. The van der Waals surface area contributed by atoms with E-state index >= 15 is 0 Å². The highest BCUT2D eigenvalue weighted by Crippen LogP contribution is 2.19. The van der Waals surface area contributed by atoms with Crippen molar-refractivity contribution >= 4 is 53.9 Å². The second-order valence-electron chi connectivity index (χ2n) is 5.80. The van der Waals surface area contributed by atoms with Gasteiger partial charge in [-0.25, -0.2) is 0 Å². The van der Waals surface area contributed by atoms with Crippen molar-refractivity contribution < 1.29 is 9.59 Å². The fourth-order valence-electron chi connectivity index (χ4n) is 2.52. The summed E-state index contributed by atoms with van der Waals surface area (Å²) in [5.41, 5.74) is 6.66. The van der Waals surface area contributed by atoms with Crippen LogP contribution in [-0.2, 0) is 9.59 Å². The molecule has 9 heteroatoms. The van der Waals surface area contributed by atoms with Gasteiger partial charge in [0.25, 0.3) is 0 Å². The van der Waals surface area contributed by atoms with E-state index in [-0.39, 0.29) is 55.6 Å². The molecule has 1 unspecified atom stereocenters. The lowest BCUT2D eigenvalue weighted by molar-refractivity contribution is -0.133. The number of hydrogen-bond donors (Lipinski definition) is 2. The Balaban J connectivity index is 0.00000288. The van der Waals surface area contributed by atoms with Gasteiger partial charge in [-0.2, -0.15) is 0 Å². The molecule has 1 aliphatic rings. The van der Waals surface area contributed by atoms with Crippen molar-refractivity contribution in [3.05, 3.63) is 29.3 Å². The van der Waals surface area contributed by atoms with Crippen LogP contribution in [0.2, 0.25) is 5.02 Å². The van der Waals surface area contributed by atoms with E-state index in [1.165, 1.54) is 0 Å². The Morgan fingerprint density at radius 1 is 1.16 bits per heavy atom. The Hall–Kier alpha value is -1.21. The Morgan fingerprint density at radius 2 is 1.72 bits per heavy atom. The molecule has 1 aromatic rings. The average molecular weight is 412 g/mol. The zero-order valence-electron chi connectivity index (χ0n) is 14.1. The van der Waals surface area contributed by atoms with Crippen LogP contribution in [0.15, 0.2) is 24.3 Å². The molecular weight excluding hydrogens is 387 g/mol. The number of nitrogens with two attached hydrogens (primary N) is 1. The topological polar surface area (TPSA) is 78.7 Å². The first-order valence-electron chi connectivity index (χ1n) is 7.76. The van der Waals surface area contributed by atoms with E-state index in [0.717, 1.165) is 18.8 Å². The number of carbonyl (C=O) groups is 2. The predicted octanol–water partition coefficient (Wildman–Crippen LogP) is 1.69. The molecule has 1 fully saturated rings. The summed E-state index contributed by atoms with van der Waals surface area (Å²) in [6.07, 6.45) is 0.234. The number of rotatable bonds is 5. The molecule has 0 aliphatic carbocycles. The standard InChI is InChI=1S/C16H23ClN4O2.2ClH/c1-12(18)10-15(22)19-11-16(23)21-8-6-20(7-9-21)14-4-2-13(17)3-5-14;;/h2-5,12H,6-11,18H2,1H3,(H,19,22);2*1H. The van der Waals surface area contributed by atoms with Crippen LogP contribution >= 0.6 is 36.4 Å². The summed E-state index contributed by atoms with van der Waals surface area (Å²) in [4.78, 5) is 27.6. The molecule has 0 spiro atoms. The van der Waals surface area contributed by atoms with Crippen LogP contribution in [0.25, 0.3) is 0 Å². The Kier molecular flexibility index (Phi) is 10.9. The van der Waals surface area contributed by atoms with Crippen molar-refractivity contribution in [2.24, 2.45) is 5.73 Å². The van der Waals surface area contributed by atoms with Gasteiger partial charge in [0.2, 0.25) is 11.8 Å². The molecule has 142 valence electrons. The van der Waals surface area contributed by atoms with Crippen LogP contribution in [0, 0.1) is 0 Å². The first-order valence-corrected chi connectivity index (χ1v) is 8.14. The second kappa shape index (κ2) is 11.4. The van der Waals surface area contributed by atoms with Gasteiger partial charge in [-0.05, 0) is 31.2 Å². The van der Waals surface area contributed by atoms with Crippen molar-refractivity contribution in [1.29, 1.82) is 0 Å². The maximum atomic E-state index is 12.1. The van der Waals surface area contributed by atoms with Gasteiger partial charge in [0.1, 0.15) is 0 Å².